The Balaban J connectivity index is 0.986. The van der Waals surface area contributed by atoms with Crippen LogP contribution in [0.5, 0.6) is 11.5 Å². The first kappa shape index (κ1) is 33.7. The molecule has 1 aliphatic heterocycles. The molecule has 1 aromatic heterocycles. The molecule has 59 heavy (non-hydrogen) atoms. The van der Waals surface area contributed by atoms with E-state index < -0.39 is 5.41 Å². The Labute approximate surface area is 343 Å². The Morgan fingerprint density at radius 1 is 0.322 bits per heavy atom. The summed E-state index contributed by atoms with van der Waals surface area (Å²) in [5.74, 6) is 3.65. The minimum absolute atomic E-state index is 0.140. The third kappa shape index (κ3) is 4.87. The lowest BCUT2D eigenvalue weighted by Gasteiger charge is -2.39. The van der Waals surface area contributed by atoms with Crippen LogP contribution in [0.25, 0.3) is 67.5 Å². The van der Waals surface area contributed by atoms with E-state index in [-0.39, 0.29) is 5.41 Å². The van der Waals surface area contributed by atoms with Gasteiger partial charge in [0.2, 0.25) is 0 Å². The molecule has 278 valence electrons. The predicted octanol–water partition coefficient (Wildman–Crippen LogP) is 13.3. The van der Waals surface area contributed by atoms with Gasteiger partial charge < -0.3 is 4.74 Å². The summed E-state index contributed by atoms with van der Waals surface area (Å²) < 4.78 is 6.83. The van der Waals surface area contributed by atoms with Crippen molar-refractivity contribution in [3.63, 3.8) is 0 Å². The second kappa shape index (κ2) is 12.5. The molecular weight excluding hydrogens is 719 g/mol. The van der Waals surface area contributed by atoms with E-state index in [0.717, 1.165) is 50.4 Å². The van der Waals surface area contributed by atoms with Gasteiger partial charge in [0.15, 0.2) is 17.5 Å². The van der Waals surface area contributed by atoms with Gasteiger partial charge in [0.25, 0.3) is 0 Å². The van der Waals surface area contributed by atoms with Crippen LogP contribution < -0.4 is 4.74 Å². The fourth-order valence-corrected chi connectivity index (χ4v) is 10.1. The van der Waals surface area contributed by atoms with E-state index in [9.17, 15) is 0 Å². The van der Waals surface area contributed by atoms with Crippen molar-refractivity contribution in [3.8, 4) is 79.0 Å². The topological polar surface area (TPSA) is 47.9 Å². The molecule has 1 spiro atoms. The number of ether oxygens (including phenoxy) is 1. The predicted molar refractivity (Wildman–Crippen MR) is 237 cm³/mol. The highest BCUT2D eigenvalue weighted by Gasteiger charge is 2.51. The zero-order valence-corrected chi connectivity index (χ0v) is 32.6. The standard InChI is InChI=1S/C55H37N3O/c1-54(2)43-22-9-6-19-39(43)42-29-27-38(32-48(42)54)53-57-51(34-15-4-3-5-16-34)56-52(58-53)37-18-14-17-35(31-37)36-28-30-47-50(33-36)59-49-26-13-12-25-46(49)55(47)44-23-10-7-20-40(44)41-21-8-11-24-45(41)55/h3-33H,1-2H3. The summed E-state index contributed by atoms with van der Waals surface area (Å²) in [6.45, 7) is 4.61. The SMILES string of the molecule is CC1(C)c2ccccc2-c2ccc(-c3nc(-c4ccccc4)nc(-c4cccc(-c5ccc6c(c5)Oc5ccccc5C65c6ccccc6-c6ccccc65)c4)n3)cc21. The molecule has 2 aliphatic carbocycles. The zero-order valence-electron chi connectivity index (χ0n) is 32.6. The maximum atomic E-state index is 6.83. The van der Waals surface area contributed by atoms with Crippen molar-refractivity contribution in [3.05, 3.63) is 221 Å². The highest BCUT2D eigenvalue weighted by Crippen LogP contribution is 2.62. The Hall–Kier alpha value is -7.43. The van der Waals surface area contributed by atoms with E-state index in [0.29, 0.717) is 17.5 Å². The Morgan fingerprint density at radius 3 is 1.51 bits per heavy atom. The summed E-state index contributed by atoms with van der Waals surface area (Å²) in [7, 11) is 0. The van der Waals surface area contributed by atoms with Crippen LogP contribution in [0.1, 0.15) is 47.2 Å². The molecule has 0 atom stereocenters. The van der Waals surface area contributed by atoms with Crippen molar-refractivity contribution >= 4 is 0 Å². The van der Waals surface area contributed by atoms with Gasteiger partial charge in [-0.05, 0) is 79.9 Å². The van der Waals surface area contributed by atoms with Crippen LogP contribution in [-0.4, -0.2) is 15.0 Å². The normalized spacial score (nSPS) is 14.3. The lowest BCUT2D eigenvalue weighted by Crippen LogP contribution is -2.32. The maximum absolute atomic E-state index is 6.83. The second-order valence-corrected chi connectivity index (χ2v) is 16.3. The molecule has 3 aliphatic rings. The first-order valence-electron chi connectivity index (χ1n) is 20.3. The van der Waals surface area contributed by atoms with Gasteiger partial charge in [-0.1, -0.05) is 178 Å². The van der Waals surface area contributed by atoms with Crippen LogP contribution in [0.3, 0.4) is 0 Å². The molecule has 0 saturated heterocycles. The van der Waals surface area contributed by atoms with Crippen molar-refractivity contribution in [2.24, 2.45) is 0 Å². The number of aromatic nitrogens is 3. The fraction of sp³-hybridized carbons (Fsp3) is 0.0727. The number of hydrogen-bond acceptors (Lipinski definition) is 4. The highest BCUT2D eigenvalue weighted by atomic mass is 16.5. The monoisotopic (exact) mass is 755 g/mol. The van der Waals surface area contributed by atoms with Crippen molar-refractivity contribution < 1.29 is 4.74 Å². The number of para-hydroxylation sites is 1. The van der Waals surface area contributed by atoms with Crippen LogP contribution in [0.15, 0.2) is 188 Å². The molecule has 0 fully saturated rings. The molecular formula is C55H37N3O. The summed E-state index contributed by atoms with van der Waals surface area (Å²) in [6.07, 6.45) is 0. The largest absolute Gasteiger partial charge is 0.457 e. The van der Waals surface area contributed by atoms with Crippen LogP contribution >= 0.6 is 0 Å². The fourth-order valence-electron chi connectivity index (χ4n) is 10.1. The molecule has 0 N–H and O–H groups in total. The van der Waals surface area contributed by atoms with E-state index in [4.69, 9.17) is 19.7 Å². The van der Waals surface area contributed by atoms with Crippen molar-refractivity contribution in [2.45, 2.75) is 24.7 Å². The molecule has 0 amide bonds. The van der Waals surface area contributed by atoms with Crippen molar-refractivity contribution in [1.29, 1.82) is 0 Å². The third-order valence-corrected chi connectivity index (χ3v) is 12.8. The van der Waals surface area contributed by atoms with Gasteiger partial charge in [0.05, 0.1) is 5.41 Å². The first-order chi connectivity index (χ1) is 29.0. The zero-order chi connectivity index (χ0) is 39.3. The van der Waals surface area contributed by atoms with Gasteiger partial charge in [-0.3, -0.25) is 0 Å². The second-order valence-electron chi connectivity index (χ2n) is 16.3. The molecule has 0 radical (unpaired) electrons. The van der Waals surface area contributed by atoms with Gasteiger partial charge in [-0.2, -0.15) is 0 Å². The average Bonchev–Trinajstić information content (AvgIpc) is 3.72. The molecule has 0 bridgehead atoms. The van der Waals surface area contributed by atoms with E-state index in [2.05, 4.69) is 184 Å². The van der Waals surface area contributed by atoms with Gasteiger partial charge in [0.1, 0.15) is 11.5 Å². The van der Waals surface area contributed by atoms with Gasteiger partial charge >= 0.3 is 0 Å². The highest BCUT2D eigenvalue weighted by molar-refractivity contribution is 5.89. The number of nitrogens with zero attached hydrogens (tertiary/aromatic N) is 3. The molecule has 12 rings (SSSR count). The van der Waals surface area contributed by atoms with Crippen molar-refractivity contribution in [1.82, 2.24) is 15.0 Å². The minimum Gasteiger partial charge on any atom is -0.457 e. The van der Waals surface area contributed by atoms with Crippen LogP contribution in [0, 0.1) is 0 Å². The average molecular weight is 756 g/mol. The Kier molecular flexibility index (Phi) is 7.16. The van der Waals surface area contributed by atoms with E-state index in [1.807, 2.05) is 18.2 Å². The molecule has 0 unspecified atom stereocenters. The molecule has 2 heterocycles. The van der Waals surface area contributed by atoms with E-state index in [1.54, 1.807) is 0 Å². The summed E-state index contributed by atoms with van der Waals surface area (Å²) in [5, 5.41) is 0. The maximum Gasteiger partial charge on any atom is 0.164 e. The summed E-state index contributed by atoms with van der Waals surface area (Å²) >= 11 is 0. The van der Waals surface area contributed by atoms with Gasteiger partial charge in [-0.15, -0.1) is 0 Å². The molecule has 9 aromatic rings. The summed E-state index contributed by atoms with van der Waals surface area (Å²) in [4.78, 5) is 15.4. The minimum atomic E-state index is -0.498. The van der Waals surface area contributed by atoms with E-state index >= 15 is 0 Å². The molecule has 0 saturated carbocycles. The van der Waals surface area contributed by atoms with Crippen molar-refractivity contribution in [2.75, 3.05) is 0 Å². The van der Waals surface area contributed by atoms with Crippen LogP contribution in [0.2, 0.25) is 0 Å². The number of rotatable bonds is 4. The van der Waals surface area contributed by atoms with E-state index in [1.165, 1.54) is 44.5 Å². The Morgan fingerprint density at radius 2 is 0.797 bits per heavy atom. The number of benzene rings is 8. The summed E-state index contributed by atoms with van der Waals surface area (Å²) in [5.41, 5.74) is 16.9. The lowest BCUT2D eigenvalue weighted by molar-refractivity contribution is 0.436. The Bertz CT molecular complexity index is 3140. The van der Waals surface area contributed by atoms with Crippen LogP contribution in [0.4, 0.5) is 0 Å². The summed E-state index contributed by atoms with van der Waals surface area (Å²) in [6, 6.07) is 67.0. The third-order valence-electron chi connectivity index (χ3n) is 12.8. The number of fused-ring (bicyclic) bond motifs is 12. The van der Waals surface area contributed by atoms with Gasteiger partial charge in [0, 0.05) is 33.2 Å². The van der Waals surface area contributed by atoms with Gasteiger partial charge in [-0.25, -0.2) is 15.0 Å². The lowest BCUT2D eigenvalue weighted by atomic mass is 9.66. The molecule has 8 aromatic carbocycles. The molecule has 4 nitrogen and oxygen atoms in total. The first-order valence-corrected chi connectivity index (χ1v) is 20.3. The van der Waals surface area contributed by atoms with Crippen LogP contribution in [-0.2, 0) is 10.8 Å². The number of hydrogen-bond donors (Lipinski definition) is 0. The smallest absolute Gasteiger partial charge is 0.164 e. The molecule has 4 heteroatoms. The quantitative estimate of drug-likeness (QED) is 0.179.